The molecule has 0 radical (unpaired) electrons. The van der Waals surface area contributed by atoms with Crippen molar-refractivity contribution in [3.8, 4) is 0 Å². The molecule has 0 aromatic carbocycles. The fourth-order valence-corrected chi connectivity index (χ4v) is 7.76. The van der Waals surface area contributed by atoms with Crippen molar-refractivity contribution < 1.29 is 34.8 Å². The zero-order valence-electron chi connectivity index (χ0n) is 22.6. The number of carbonyl (C=O) groups excluding carboxylic acids is 2. The number of unbranched alkanes of at least 4 members (excludes halogenated alkanes) is 3. The molecule has 0 heterocycles. The molecule has 7 heteroatoms. The average Bonchev–Trinajstić information content (AvgIpc) is 3.26. The number of aliphatic hydroxyl groups excluding tert-OH is 3. The first-order valence-corrected chi connectivity index (χ1v) is 13.6. The first-order valence-electron chi connectivity index (χ1n) is 13.6. The molecule has 204 valence electrons. The van der Waals surface area contributed by atoms with Gasteiger partial charge in [-0.05, 0) is 43.3 Å². The molecule has 0 saturated heterocycles. The van der Waals surface area contributed by atoms with Crippen LogP contribution in [0.5, 0.6) is 0 Å². The molecular weight excluding hydrogens is 472 g/mol. The summed E-state index contributed by atoms with van der Waals surface area (Å²) in [6.45, 7) is 8.94. The lowest BCUT2D eigenvalue weighted by Crippen LogP contribution is -2.65. The van der Waals surface area contributed by atoms with Crippen LogP contribution in [0.3, 0.4) is 0 Å². The standard InChI is InChI=1S/C30H42O7/c1-6-7-8-9-10-11-12-13-22(32)37-29-16-19(3)28-15-18(2)24(33)30(28,36)25(34)20(17-31)14-21(26(28)35)23(29)27(29,4)5/h10-15,19,21,23-25,31,33-34,36H,6-9,16-17H2,1-5H3/b11-10+,13-12+/t19?,21-,23+,24-,25+,28?,29-,30+/m0/s1. The third kappa shape index (κ3) is 3.76. The van der Waals surface area contributed by atoms with E-state index in [0.717, 1.165) is 19.3 Å². The van der Waals surface area contributed by atoms with Crippen LogP contribution in [0.4, 0.5) is 0 Å². The Kier molecular flexibility index (Phi) is 7.25. The highest BCUT2D eigenvalue weighted by Gasteiger charge is 2.83. The number of hydrogen-bond acceptors (Lipinski definition) is 7. The predicted molar refractivity (Wildman–Crippen MR) is 139 cm³/mol. The average molecular weight is 515 g/mol. The maximum Gasteiger partial charge on any atom is 0.331 e. The van der Waals surface area contributed by atoms with E-state index in [-0.39, 0.29) is 17.8 Å². The summed E-state index contributed by atoms with van der Waals surface area (Å²) in [5.74, 6) is -2.60. The lowest BCUT2D eigenvalue weighted by atomic mass is 9.59. The zero-order valence-corrected chi connectivity index (χ0v) is 22.6. The number of aliphatic hydroxyl groups is 4. The number of ether oxygens (including phenoxy) is 1. The third-order valence-electron chi connectivity index (χ3n) is 9.79. The van der Waals surface area contributed by atoms with E-state index in [1.54, 1.807) is 26.0 Å². The van der Waals surface area contributed by atoms with Crippen LogP contribution in [0.1, 0.15) is 66.7 Å². The number of fused-ring (bicyclic) bond motifs is 3. The van der Waals surface area contributed by atoms with Gasteiger partial charge in [0.05, 0.1) is 12.0 Å². The molecule has 1 spiro atoms. The molecule has 37 heavy (non-hydrogen) atoms. The van der Waals surface area contributed by atoms with Crippen LogP contribution < -0.4 is 0 Å². The molecule has 8 atom stereocenters. The molecule has 0 aliphatic heterocycles. The van der Waals surface area contributed by atoms with Gasteiger partial charge < -0.3 is 25.2 Å². The van der Waals surface area contributed by atoms with E-state index >= 15 is 0 Å². The zero-order chi connectivity index (χ0) is 27.4. The highest BCUT2D eigenvalue weighted by molar-refractivity contribution is 5.96. The maximum absolute atomic E-state index is 14.3. The summed E-state index contributed by atoms with van der Waals surface area (Å²) < 4.78 is 6.16. The van der Waals surface area contributed by atoms with Gasteiger partial charge in [0.2, 0.25) is 0 Å². The largest absolute Gasteiger partial charge is 0.455 e. The van der Waals surface area contributed by atoms with E-state index in [1.807, 2.05) is 26.0 Å². The van der Waals surface area contributed by atoms with Gasteiger partial charge in [-0.25, -0.2) is 4.79 Å². The van der Waals surface area contributed by atoms with Gasteiger partial charge >= 0.3 is 5.97 Å². The van der Waals surface area contributed by atoms with Crippen molar-refractivity contribution in [2.75, 3.05) is 6.61 Å². The van der Waals surface area contributed by atoms with Crippen LogP contribution in [-0.2, 0) is 14.3 Å². The summed E-state index contributed by atoms with van der Waals surface area (Å²) >= 11 is 0. The smallest absolute Gasteiger partial charge is 0.331 e. The monoisotopic (exact) mass is 514 g/mol. The van der Waals surface area contributed by atoms with Crippen molar-refractivity contribution in [3.63, 3.8) is 0 Å². The number of hydrogen-bond donors (Lipinski definition) is 4. The van der Waals surface area contributed by atoms with Crippen LogP contribution in [0.25, 0.3) is 0 Å². The summed E-state index contributed by atoms with van der Waals surface area (Å²) in [6.07, 6.45) is 11.6. The van der Waals surface area contributed by atoms with E-state index < -0.39 is 64.6 Å². The summed E-state index contributed by atoms with van der Waals surface area (Å²) in [7, 11) is 0. The minimum absolute atomic E-state index is 0.0926. The number of rotatable bonds is 8. The summed E-state index contributed by atoms with van der Waals surface area (Å²) in [5, 5.41) is 44.3. The molecule has 4 aliphatic carbocycles. The van der Waals surface area contributed by atoms with E-state index in [0.29, 0.717) is 5.57 Å². The number of ketones is 1. The fourth-order valence-electron chi connectivity index (χ4n) is 7.76. The van der Waals surface area contributed by atoms with Crippen LogP contribution in [0, 0.1) is 28.6 Å². The molecule has 2 fully saturated rings. The van der Waals surface area contributed by atoms with E-state index in [2.05, 4.69) is 6.92 Å². The second-order valence-corrected chi connectivity index (χ2v) is 12.1. The minimum Gasteiger partial charge on any atom is -0.455 e. The predicted octanol–water partition coefficient (Wildman–Crippen LogP) is 3.17. The SMILES string of the molecule is CCCCC/C=C/C=C/C(=O)O[C@@]12CC(C)C34C=C(C)[C@H](O)[C@@]3(O)[C@H](O)C(CO)=C[C@H](C4=O)[C@@H]1C2(C)C. The van der Waals surface area contributed by atoms with E-state index in [9.17, 15) is 30.0 Å². The number of carbonyl (C=O) groups is 2. The Hall–Kier alpha value is -2.06. The Morgan fingerprint density at radius 2 is 1.89 bits per heavy atom. The normalized spacial score (nSPS) is 42.1. The van der Waals surface area contributed by atoms with Gasteiger partial charge in [0.1, 0.15) is 23.4 Å². The molecule has 4 aliphatic rings. The first-order chi connectivity index (χ1) is 17.4. The third-order valence-corrected chi connectivity index (χ3v) is 9.79. The molecule has 0 amide bonds. The van der Waals surface area contributed by atoms with Crippen LogP contribution in [-0.4, -0.2) is 62.2 Å². The van der Waals surface area contributed by atoms with Gasteiger partial charge in [-0.1, -0.05) is 70.9 Å². The maximum atomic E-state index is 14.3. The van der Waals surface area contributed by atoms with Crippen molar-refractivity contribution in [1.82, 2.24) is 0 Å². The molecule has 0 aromatic rings. The molecule has 0 aromatic heterocycles. The Bertz CT molecular complexity index is 1070. The summed E-state index contributed by atoms with van der Waals surface area (Å²) in [5.41, 5.74) is -4.86. The number of esters is 1. The molecule has 4 N–H and O–H groups in total. The molecular formula is C30H42O7. The van der Waals surface area contributed by atoms with Gasteiger partial charge in [-0.2, -0.15) is 0 Å². The van der Waals surface area contributed by atoms with Crippen molar-refractivity contribution >= 4 is 11.8 Å². The van der Waals surface area contributed by atoms with E-state index in [4.69, 9.17) is 4.74 Å². The second-order valence-electron chi connectivity index (χ2n) is 12.1. The molecule has 7 nitrogen and oxygen atoms in total. The van der Waals surface area contributed by atoms with Gasteiger partial charge in [0.25, 0.3) is 0 Å². The van der Waals surface area contributed by atoms with Gasteiger partial charge in [0, 0.05) is 23.3 Å². The Morgan fingerprint density at radius 1 is 1.19 bits per heavy atom. The first kappa shape index (κ1) is 28.0. The van der Waals surface area contributed by atoms with Crippen molar-refractivity contribution in [1.29, 1.82) is 0 Å². The summed E-state index contributed by atoms with van der Waals surface area (Å²) in [6, 6.07) is 0. The molecule has 2 bridgehead atoms. The lowest BCUT2D eigenvalue weighted by molar-refractivity contribution is -0.191. The quantitative estimate of drug-likeness (QED) is 0.129. The van der Waals surface area contributed by atoms with Crippen LogP contribution in [0.2, 0.25) is 0 Å². The van der Waals surface area contributed by atoms with Crippen LogP contribution in [0.15, 0.2) is 47.6 Å². The van der Waals surface area contributed by atoms with Gasteiger partial charge in [0.15, 0.2) is 5.78 Å². The highest BCUT2D eigenvalue weighted by Crippen LogP contribution is 2.75. The fraction of sp³-hybridized carbons (Fsp3) is 0.667. The Balaban J connectivity index is 1.71. The number of Topliss-reactive ketones (excluding diaryl/α,β-unsaturated/α-hetero) is 1. The lowest BCUT2D eigenvalue weighted by Gasteiger charge is -2.48. The Labute approximate surface area is 219 Å². The molecule has 2 saturated carbocycles. The topological polar surface area (TPSA) is 124 Å². The Morgan fingerprint density at radius 3 is 2.54 bits per heavy atom. The second kappa shape index (κ2) is 9.60. The van der Waals surface area contributed by atoms with Gasteiger partial charge in [-0.15, -0.1) is 0 Å². The molecule has 2 unspecified atom stereocenters. The number of allylic oxidation sites excluding steroid dienone is 4. The van der Waals surface area contributed by atoms with Gasteiger partial charge in [-0.3, -0.25) is 4.79 Å². The van der Waals surface area contributed by atoms with Crippen molar-refractivity contribution in [2.24, 2.45) is 28.6 Å². The minimum atomic E-state index is -2.23. The van der Waals surface area contributed by atoms with Crippen LogP contribution >= 0.6 is 0 Å². The van der Waals surface area contributed by atoms with E-state index in [1.165, 1.54) is 18.6 Å². The molecule has 4 rings (SSSR count). The highest BCUT2D eigenvalue weighted by atomic mass is 16.6. The van der Waals surface area contributed by atoms with Crippen molar-refractivity contribution in [3.05, 3.63) is 47.6 Å². The summed E-state index contributed by atoms with van der Waals surface area (Å²) in [4.78, 5) is 27.3. The van der Waals surface area contributed by atoms with Crippen molar-refractivity contribution in [2.45, 2.75) is 90.1 Å².